The minimum Gasteiger partial charge on any atom is -0.337 e. The molecule has 0 bridgehead atoms. The molecule has 3 aromatic heterocycles. The molecule has 4 heterocycles. The average Bonchev–Trinajstić information content (AvgIpc) is 3.33. The Bertz CT molecular complexity index is 1010. The van der Waals surface area contributed by atoms with E-state index < -0.39 is 0 Å². The quantitative estimate of drug-likeness (QED) is 0.726. The molecule has 0 spiro atoms. The van der Waals surface area contributed by atoms with Crippen LogP contribution >= 0.6 is 11.3 Å². The number of amides is 1. The SMILES string of the molecule is CNC1CCCN(C(=O)c2cc(-c3ccc(C)s3)nc3c2cnn3C(C)C)C1. The van der Waals surface area contributed by atoms with E-state index in [0.29, 0.717) is 11.6 Å². The molecular weight excluding hydrogens is 370 g/mol. The van der Waals surface area contributed by atoms with Crippen molar-refractivity contribution in [3.8, 4) is 10.6 Å². The van der Waals surface area contributed by atoms with Crippen LogP contribution in [0.1, 0.15) is 48.0 Å². The molecule has 1 aliphatic rings. The van der Waals surface area contributed by atoms with Crippen molar-refractivity contribution >= 4 is 28.3 Å². The fourth-order valence-corrected chi connectivity index (χ4v) is 4.67. The van der Waals surface area contributed by atoms with Gasteiger partial charge in [0.05, 0.1) is 27.7 Å². The molecule has 7 heteroatoms. The van der Waals surface area contributed by atoms with Gasteiger partial charge < -0.3 is 10.2 Å². The molecule has 0 radical (unpaired) electrons. The maximum Gasteiger partial charge on any atom is 0.254 e. The molecule has 1 amide bonds. The lowest BCUT2D eigenvalue weighted by atomic mass is 10.0. The molecule has 4 rings (SSSR count). The molecule has 0 aromatic carbocycles. The Kier molecular flexibility index (Phi) is 5.21. The monoisotopic (exact) mass is 397 g/mol. The van der Waals surface area contributed by atoms with Crippen LogP contribution in [0.4, 0.5) is 0 Å². The van der Waals surface area contributed by atoms with Crippen LogP contribution in [0, 0.1) is 6.92 Å². The van der Waals surface area contributed by atoms with Crippen molar-refractivity contribution in [1.29, 1.82) is 0 Å². The van der Waals surface area contributed by atoms with Crippen molar-refractivity contribution in [3.05, 3.63) is 34.8 Å². The molecule has 1 atom stereocenters. The van der Waals surface area contributed by atoms with Gasteiger partial charge in [-0.2, -0.15) is 5.10 Å². The van der Waals surface area contributed by atoms with E-state index in [-0.39, 0.29) is 11.9 Å². The molecule has 1 N–H and O–H groups in total. The molecule has 28 heavy (non-hydrogen) atoms. The summed E-state index contributed by atoms with van der Waals surface area (Å²) in [6, 6.07) is 6.65. The van der Waals surface area contributed by atoms with E-state index in [1.165, 1.54) is 4.88 Å². The van der Waals surface area contributed by atoms with Gasteiger partial charge in [-0.1, -0.05) is 0 Å². The third kappa shape index (κ3) is 3.44. The fraction of sp³-hybridized carbons (Fsp3) is 0.476. The number of hydrogen-bond donors (Lipinski definition) is 1. The number of piperidine rings is 1. The number of likely N-dealkylation sites (tertiary alicyclic amines) is 1. The smallest absolute Gasteiger partial charge is 0.254 e. The summed E-state index contributed by atoms with van der Waals surface area (Å²) in [4.78, 5) is 22.6. The standard InChI is InChI=1S/C21H27N5OS/c1-13(2)26-20-17(11-23-26)16(10-18(24-20)19-8-7-14(3)28-19)21(27)25-9-5-6-15(12-25)22-4/h7-8,10-11,13,15,22H,5-6,9,12H2,1-4H3. The topological polar surface area (TPSA) is 63.1 Å². The number of nitrogens with one attached hydrogen (secondary N) is 1. The summed E-state index contributed by atoms with van der Waals surface area (Å²) in [5, 5.41) is 8.68. The molecule has 3 aromatic rings. The first kappa shape index (κ1) is 19.1. The number of aryl methyl sites for hydroxylation is 1. The van der Waals surface area contributed by atoms with Crippen LogP contribution in [0.2, 0.25) is 0 Å². The zero-order chi connectivity index (χ0) is 19.8. The van der Waals surface area contributed by atoms with Crippen molar-refractivity contribution in [2.24, 2.45) is 0 Å². The Morgan fingerprint density at radius 3 is 2.86 bits per heavy atom. The average molecular weight is 398 g/mol. The molecule has 1 fully saturated rings. The van der Waals surface area contributed by atoms with E-state index in [2.05, 4.69) is 43.3 Å². The van der Waals surface area contributed by atoms with Crippen molar-refractivity contribution in [2.45, 2.75) is 45.7 Å². The summed E-state index contributed by atoms with van der Waals surface area (Å²) in [7, 11) is 1.97. The van der Waals surface area contributed by atoms with Gasteiger partial charge in [-0.3, -0.25) is 4.79 Å². The molecule has 1 aliphatic heterocycles. The molecule has 0 aliphatic carbocycles. The third-order valence-corrected chi connectivity index (χ3v) is 6.42. The highest BCUT2D eigenvalue weighted by Crippen LogP contribution is 2.31. The van der Waals surface area contributed by atoms with E-state index >= 15 is 0 Å². The number of thiophene rings is 1. The zero-order valence-electron chi connectivity index (χ0n) is 16.9. The molecule has 148 valence electrons. The fourth-order valence-electron chi connectivity index (χ4n) is 3.84. The molecular formula is C21H27N5OS. The van der Waals surface area contributed by atoms with Gasteiger partial charge in [-0.25, -0.2) is 9.67 Å². The Hall–Kier alpha value is -2.25. The number of carbonyl (C=O) groups excluding carboxylic acids is 1. The van der Waals surface area contributed by atoms with Gasteiger partial charge in [0, 0.05) is 30.1 Å². The lowest BCUT2D eigenvalue weighted by Crippen LogP contribution is -2.47. The van der Waals surface area contributed by atoms with Crippen LogP contribution in [0.25, 0.3) is 21.6 Å². The van der Waals surface area contributed by atoms with Crippen LogP contribution in [0.3, 0.4) is 0 Å². The van der Waals surface area contributed by atoms with Crippen LogP contribution in [-0.2, 0) is 0 Å². The number of likely N-dealkylation sites (N-methyl/N-ethyl adjacent to an activating group) is 1. The minimum absolute atomic E-state index is 0.0742. The predicted molar refractivity (Wildman–Crippen MR) is 114 cm³/mol. The Balaban J connectivity index is 1.83. The summed E-state index contributed by atoms with van der Waals surface area (Å²) in [6.07, 6.45) is 3.92. The number of hydrogen-bond acceptors (Lipinski definition) is 5. The second-order valence-electron chi connectivity index (χ2n) is 7.76. The first-order valence-electron chi connectivity index (χ1n) is 9.89. The van der Waals surface area contributed by atoms with Crippen LogP contribution in [0.5, 0.6) is 0 Å². The van der Waals surface area contributed by atoms with Crippen molar-refractivity contribution in [1.82, 2.24) is 25.0 Å². The molecule has 1 saturated heterocycles. The lowest BCUT2D eigenvalue weighted by Gasteiger charge is -2.32. The second kappa shape index (κ2) is 7.64. The van der Waals surface area contributed by atoms with Crippen molar-refractivity contribution < 1.29 is 4.79 Å². The highest BCUT2D eigenvalue weighted by Gasteiger charge is 2.27. The van der Waals surface area contributed by atoms with E-state index in [0.717, 1.165) is 47.5 Å². The van der Waals surface area contributed by atoms with Crippen molar-refractivity contribution in [2.75, 3.05) is 20.1 Å². The number of fused-ring (bicyclic) bond motifs is 1. The van der Waals surface area contributed by atoms with E-state index in [1.807, 2.05) is 22.7 Å². The van der Waals surface area contributed by atoms with Gasteiger partial charge in [0.25, 0.3) is 5.91 Å². The first-order valence-corrected chi connectivity index (χ1v) is 10.7. The van der Waals surface area contributed by atoms with Gasteiger partial charge in [0.2, 0.25) is 0 Å². The van der Waals surface area contributed by atoms with E-state index in [1.54, 1.807) is 17.5 Å². The number of carbonyl (C=O) groups is 1. The first-order chi connectivity index (χ1) is 13.5. The number of pyridine rings is 1. The highest BCUT2D eigenvalue weighted by molar-refractivity contribution is 7.15. The molecule has 1 unspecified atom stereocenters. The maximum atomic E-state index is 13.5. The highest BCUT2D eigenvalue weighted by atomic mass is 32.1. The Morgan fingerprint density at radius 1 is 1.36 bits per heavy atom. The largest absolute Gasteiger partial charge is 0.337 e. The molecule has 6 nitrogen and oxygen atoms in total. The number of rotatable bonds is 4. The lowest BCUT2D eigenvalue weighted by molar-refractivity contribution is 0.0700. The summed E-state index contributed by atoms with van der Waals surface area (Å²) >= 11 is 1.70. The van der Waals surface area contributed by atoms with Gasteiger partial charge in [-0.15, -0.1) is 11.3 Å². The minimum atomic E-state index is 0.0742. The normalized spacial score (nSPS) is 17.6. The maximum absolute atomic E-state index is 13.5. The van der Waals surface area contributed by atoms with Crippen LogP contribution in [0.15, 0.2) is 24.4 Å². The number of nitrogens with zero attached hydrogens (tertiary/aromatic N) is 4. The van der Waals surface area contributed by atoms with Crippen LogP contribution in [-0.4, -0.2) is 51.8 Å². The summed E-state index contributed by atoms with van der Waals surface area (Å²) in [6.45, 7) is 7.79. The van der Waals surface area contributed by atoms with Crippen LogP contribution < -0.4 is 5.32 Å². The van der Waals surface area contributed by atoms with Gasteiger partial charge in [-0.05, 0) is 58.9 Å². The molecule has 0 saturated carbocycles. The third-order valence-electron chi connectivity index (χ3n) is 5.40. The van der Waals surface area contributed by atoms with Crippen molar-refractivity contribution in [3.63, 3.8) is 0 Å². The predicted octanol–water partition coefficient (Wildman–Crippen LogP) is 3.87. The Labute approximate surface area is 169 Å². The summed E-state index contributed by atoms with van der Waals surface area (Å²) in [5.74, 6) is 0.0742. The van der Waals surface area contributed by atoms with Gasteiger partial charge in [0.15, 0.2) is 5.65 Å². The second-order valence-corrected chi connectivity index (χ2v) is 9.05. The van der Waals surface area contributed by atoms with Gasteiger partial charge >= 0.3 is 0 Å². The summed E-state index contributed by atoms with van der Waals surface area (Å²) in [5.41, 5.74) is 2.33. The van der Waals surface area contributed by atoms with Gasteiger partial charge in [0.1, 0.15) is 0 Å². The zero-order valence-corrected chi connectivity index (χ0v) is 17.7. The van der Waals surface area contributed by atoms with E-state index in [9.17, 15) is 4.79 Å². The number of aromatic nitrogens is 3. The summed E-state index contributed by atoms with van der Waals surface area (Å²) < 4.78 is 1.91. The van der Waals surface area contributed by atoms with E-state index in [4.69, 9.17) is 4.98 Å². The Morgan fingerprint density at radius 2 is 2.18 bits per heavy atom.